The Hall–Kier alpha value is -4.10. The number of nitrogens with zero attached hydrogens (tertiary/aromatic N) is 3. The van der Waals surface area contributed by atoms with E-state index < -0.39 is 29.8 Å². The Morgan fingerprint density at radius 2 is 1.74 bits per heavy atom. The van der Waals surface area contributed by atoms with Crippen LogP contribution < -0.4 is 4.90 Å². The fourth-order valence-electron chi connectivity index (χ4n) is 4.48. The van der Waals surface area contributed by atoms with Crippen molar-refractivity contribution in [2.24, 2.45) is 0 Å². The van der Waals surface area contributed by atoms with E-state index in [4.69, 9.17) is 4.74 Å². The summed E-state index contributed by atoms with van der Waals surface area (Å²) < 4.78 is 46.8. The van der Waals surface area contributed by atoms with E-state index in [0.717, 1.165) is 27.1 Å². The first-order valence-electron chi connectivity index (χ1n) is 12.0. The summed E-state index contributed by atoms with van der Waals surface area (Å²) in [6.45, 7) is 3.25. The summed E-state index contributed by atoms with van der Waals surface area (Å²) in [7, 11) is 0. The topological polar surface area (TPSA) is 73.6 Å². The van der Waals surface area contributed by atoms with Crippen molar-refractivity contribution in [3.63, 3.8) is 0 Å². The van der Waals surface area contributed by atoms with Crippen molar-refractivity contribution in [1.82, 2.24) is 4.90 Å². The molecule has 0 N–H and O–H groups in total. The molecular formula is C29H23BrF3N3O3. The smallest absolute Gasteiger partial charge is 0.416 e. The number of carbonyl (C=O) groups excluding carboxylic acids is 2. The number of benzene rings is 3. The fraction of sp³-hybridized carbons (Fsp3) is 0.207. The van der Waals surface area contributed by atoms with Crippen LogP contribution in [-0.2, 0) is 22.3 Å². The van der Waals surface area contributed by atoms with Crippen LogP contribution in [-0.4, -0.2) is 23.5 Å². The molecule has 1 aliphatic rings. The minimum Gasteiger partial charge on any atom is -0.463 e. The van der Waals surface area contributed by atoms with Crippen LogP contribution in [0.15, 0.2) is 88.5 Å². The van der Waals surface area contributed by atoms with Crippen LogP contribution >= 0.6 is 15.9 Å². The van der Waals surface area contributed by atoms with Gasteiger partial charge in [0.05, 0.1) is 41.1 Å². The van der Waals surface area contributed by atoms with E-state index in [9.17, 15) is 28.0 Å². The zero-order valence-corrected chi connectivity index (χ0v) is 22.6. The molecule has 0 radical (unpaired) electrons. The highest BCUT2D eigenvalue weighted by molar-refractivity contribution is 9.10. The van der Waals surface area contributed by atoms with Crippen molar-refractivity contribution in [3.05, 3.63) is 111 Å². The van der Waals surface area contributed by atoms with E-state index >= 15 is 0 Å². The molecule has 10 heteroatoms. The molecule has 0 bridgehead atoms. The van der Waals surface area contributed by atoms with Crippen LogP contribution in [0.1, 0.15) is 42.1 Å². The van der Waals surface area contributed by atoms with E-state index in [1.807, 2.05) is 6.07 Å². The second-order valence-electron chi connectivity index (χ2n) is 8.78. The molecule has 1 atom stereocenters. The molecule has 4 rings (SSSR count). The molecule has 0 saturated heterocycles. The first-order valence-corrected chi connectivity index (χ1v) is 12.7. The molecule has 3 aromatic carbocycles. The quantitative estimate of drug-likeness (QED) is 0.278. The first-order chi connectivity index (χ1) is 18.5. The Morgan fingerprint density at radius 1 is 1.08 bits per heavy atom. The van der Waals surface area contributed by atoms with E-state index in [1.54, 1.807) is 55.5 Å². The fourth-order valence-corrected chi connectivity index (χ4v) is 4.75. The Bertz CT molecular complexity index is 1460. The summed E-state index contributed by atoms with van der Waals surface area (Å²) in [6.07, 6.45) is -4.63. The van der Waals surface area contributed by atoms with Gasteiger partial charge in [-0.15, -0.1) is 0 Å². The van der Waals surface area contributed by atoms with Gasteiger partial charge in [0.1, 0.15) is 0 Å². The Balaban J connectivity index is 1.95. The van der Waals surface area contributed by atoms with Crippen LogP contribution in [0.25, 0.3) is 0 Å². The minimum absolute atomic E-state index is 0.0341. The SMILES string of the molecule is CCOC(=O)C1=C(C)N(c2cccc(C(F)(F)F)c2)C(=O)N(Cc2ccc(Br)cc2)C1c1ccc(C#N)cc1. The van der Waals surface area contributed by atoms with E-state index in [0.29, 0.717) is 11.1 Å². The monoisotopic (exact) mass is 597 g/mol. The molecule has 0 saturated carbocycles. The lowest BCUT2D eigenvalue weighted by molar-refractivity contribution is -0.139. The zero-order valence-electron chi connectivity index (χ0n) is 21.0. The largest absolute Gasteiger partial charge is 0.463 e. The number of urea groups is 1. The molecule has 0 fully saturated rings. The molecular weight excluding hydrogens is 575 g/mol. The number of allylic oxidation sites excluding steroid dienone is 1. The number of hydrogen-bond donors (Lipinski definition) is 0. The highest BCUT2D eigenvalue weighted by Crippen LogP contribution is 2.42. The summed E-state index contributed by atoms with van der Waals surface area (Å²) in [4.78, 5) is 30.0. The van der Waals surface area contributed by atoms with Crippen molar-refractivity contribution < 1.29 is 27.5 Å². The number of hydrogen-bond acceptors (Lipinski definition) is 4. The predicted molar refractivity (Wildman–Crippen MR) is 142 cm³/mol. The minimum atomic E-state index is -4.63. The second kappa shape index (κ2) is 11.3. The van der Waals surface area contributed by atoms with Crippen LogP contribution in [0.4, 0.5) is 23.7 Å². The maximum atomic E-state index is 14.1. The third kappa shape index (κ3) is 5.83. The maximum absolute atomic E-state index is 14.1. The third-order valence-electron chi connectivity index (χ3n) is 6.30. The van der Waals surface area contributed by atoms with Gasteiger partial charge in [0.2, 0.25) is 0 Å². The number of carbonyl (C=O) groups is 2. The maximum Gasteiger partial charge on any atom is 0.416 e. The molecule has 1 unspecified atom stereocenters. The lowest BCUT2D eigenvalue weighted by Gasteiger charge is -2.43. The summed E-state index contributed by atoms with van der Waals surface area (Å²) in [6, 6.07) is 18.6. The lowest BCUT2D eigenvalue weighted by atomic mass is 9.91. The standard InChI is InChI=1S/C29H23BrF3N3O3/c1-3-39-27(37)25-18(2)36(24-6-4-5-22(15-24)29(31,32)33)28(38)35(17-20-9-13-23(30)14-10-20)26(25)21-11-7-19(16-34)8-12-21/h4-15,26H,3,17H2,1-2H3. The highest BCUT2D eigenvalue weighted by atomic mass is 79.9. The molecule has 6 nitrogen and oxygen atoms in total. The Kier molecular flexibility index (Phi) is 8.11. The molecule has 3 aromatic rings. The summed E-state index contributed by atoms with van der Waals surface area (Å²) in [5.41, 5.74) is 0.974. The van der Waals surface area contributed by atoms with Crippen molar-refractivity contribution in [1.29, 1.82) is 5.26 Å². The van der Waals surface area contributed by atoms with Crippen molar-refractivity contribution in [2.45, 2.75) is 32.6 Å². The second-order valence-corrected chi connectivity index (χ2v) is 9.69. The van der Waals surface area contributed by atoms with Gasteiger partial charge in [0.25, 0.3) is 0 Å². The molecule has 0 aliphatic carbocycles. The number of nitriles is 1. The van der Waals surface area contributed by atoms with Gasteiger partial charge in [-0.2, -0.15) is 18.4 Å². The number of amides is 2. The molecule has 2 amide bonds. The number of esters is 1. The van der Waals surface area contributed by atoms with E-state index in [1.165, 1.54) is 24.0 Å². The molecule has 1 aliphatic heterocycles. The number of halogens is 4. The van der Waals surface area contributed by atoms with Crippen LogP contribution in [0.3, 0.4) is 0 Å². The van der Waals surface area contributed by atoms with Gasteiger partial charge >= 0.3 is 18.2 Å². The van der Waals surface area contributed by atoms with Gasteiger partial charge in [-0.05, 0) is 67.4 Å². The van der Waals surface area contributed by atoms with Crippen LogP contribution in [0.2, 0.25) is 0 Å². The van der Waals surface area contributed by atoms with Crippen LogP contribution in [0, 0.1) is 11.3 Å². The van der Waals surface area contributed by atoms with Gasteiger partial charge in [-0.25, -0.2) is 9.59 Å². The van der Waals surface area contributed by atoms with Crippen molar-refractivity contribution >= 4 is 33.6 Å². The number of ether oxygens (including phenoxy) is 1. The number of rotatable bonds is 6. The summed E-state index contributed by atoms with van der Waals surface area (Å²) in [5, 5.41) is 9.25. The lowest BCUT2D eigenvalue weighted by Crippen LogP contribution is -2.50. The highest BCUT2D eigenvalue weighted by Gasteiger charge is 2.43. The summed E-state index contributed by atoms with van der Waals surface area (Å²) >= 11 is 3.39. The number of anilines is 1. The zero-order chi connectivity index (χ0) is 28.3. The van der Waals surface area contributed by atoms with Crippen LogP contribution in [0.5, 0.6) is 0 Å². The van der Waals surface area contributed by atoms with Gasteiger partial charge < -0.3 is 9.64 Å². The van der Waals surface area contributed by atoms with E-state index in [2.05, 4.69) is 15.9 Å². The van der Waals surface area contributed by atoms with Crippen molar-refractivity contribution in [2.75, 3.05) is 11.5 Å². The third-order valence-corrected chi connectivity index (χ3v) is 6.82. The average Bonchev–Trinajstić information content (AvgIpc) is 2.91. The average molecular weight is 598 g/mol. The molecule has 0 spiro atoms. The van der Waals surface area contributed by atoms with Crippen molar-refractivity contribution in [3.8, 4) is 6.07 Å². The van der Waals surface area contributed by atoms with Gasteiger partial charge in [0, 0.05) is 16.7 Å². The Labute approximate surface area is 232 Å². The van der Waals surface area contributed by atoms with Gasteiger partial charge in [-0.1, -0.05) is 46.3 Å². The van der Waals surface area contributed by atoms with E-state index in [-0.39, 0.29) is 30.1 Å². The van der Waals surface area contributed by atoms with Gasteiger partial charge in [0.15, 0.2) is 0 Å². The normalized spacial score (nSPS) is 15.8. The molecule has 1 heterocycles. The number of alkyl halides is 3. The molecule has 0 aromatic heterocycles. The molecule has 39 heavy (non-hydrogen) atoms. The first kappa shape index (κ1) is 27.9. The predicted octanol–water partition coefficient (Wildman–Crippen LogP) is 7.36. The van der Waals surface area contributed by atoms with Gasteiger partial charge in [-0.3, -0.25) is 4.90 Å². The molecule has 200 valence electrons. The Morgan fingerprint density at radius 3 is 2.33 bits per heavy atom. The summed E-state index contributed by atoms with van der Waals surface area (Å²) in [5.74, 6) is -0.699.